The molecule has 1 saturated heterocycles. The van der Waals surface area contributed by atoms with E-state index in [2.05, 4.69) is 6.92 Å². The summed E-state index contributed by atoms with van der Waals surface area (Å²) in [6, 6.07) is 0. The molecule has 10 heavy (non-hydrogen) atoms. The maximum Gasteiger partial charge on any atom is 0.309 e. The van der Waals surface area contributed by atoms with Crippen molar-refractivity contribution in [2.45, 2.75) is 19.8 Å². The molecule has 0 unspecified atom stereocenters. The van der Waals surface area contributed by atoms with E-state index in [1.807, 2.05) is 0 Å². The molecule has 0 aromatic rings. The Hall–Kier alpha value is -0.530. The van der Waals surface area contributed by atoms with Crippen LogP contribution in [0, 0.1) is 17.8 Å². The van der Waals surface area contributed by atoms with Gasteiger partial charge in [-0.15, -0.1) is 0 Å². The van der Waals surface area contributed by atoms with Crippen LogP contribution in [0.3, 0.4) is 0 Å². The maximum atomic E-state index is 10.9. The SMILES string of the molecule is CCC[C@@H]1[C@@H]2COC(=O)[C@@H]12. The fourth-order valence-electron chi connectivity index (χ4n) is 2.02. The first kappa shape index (κ1) is 6.20. The van der Waals surface area contributed by atoms with Crippen molar-refractivity contribution in [3.8, 4) is 0 Å². The molecule has 2 rings (SSSR count). The highest BCUT2D eigenvalue weighted by atomic mass is 16.5. The minimum atomic E-state index is 0.0588. The van der Waals surface area contributed by atoms with Crippen molar-refractivity contribution in [2.24, 2.45) is 17.8 Å². The largest absolute Gasteiger partial charge is 0.465 e. The second kappa shape index (κ2) is 1.97. The van der Waals surface area contributed by atoms with E-state index in [0.717, 1.165) is 0 Å². The number of hydrogen-bond donors (Lipinski definition) is 0. The van der Waals surface area contributed by atoms with Crippen LogP contribution in [0.4, 0.5) is 0 Å². The lowest BCUT2D eigenvalue weighted by Gasteiger charge is -2.00. The fourth-order valence-corrected chi connectivity index (χ4v) is 2.02. The summed E-state index contributed by atoms with van der Waals surface area (Å²) in [6.45, 7) is 2.87. The number of fused-ring (bicyclic) bond motifs is 1. The molecule has 1 saturated carbocycles. The van der Waals surface area contributed by atoms with Gasteiger partial charge in [0, 0.05) is 5.92 Å². The fraction of sp³-hybridized carbons (Fsp3) is 0.875. The van der Waals surface area contributed by atoms with Crippen LogP contribution in [0.25, 0.3) is 0 Å². The van der Waals surface area contributed by atoms with Gasteiger partial charge < -0.3 is 4.74 Å². The van der Waals surface area contributed by atoms with Gasteiger partial charge in [-0.3, -0.25) is 4.79 Å². The third-order valence-corrected chi connectivity index (χ3v) is 2.64. The predicted molar refractivity (Wildman–Crippen MR) is 36.3 cm³/mol. The molecule has 1 aliphatic carbocycles. The Labute approximate surface area is 60.6 Å². The molecule has 0 radical (unpaired) electrons. The van der Waals surface area contributed by atoms with Gasteiger partial charge in [-0.2, -0.15) is 0 Å². The van der Waals surface area contributed by atoms with Gasteiger partial charge >= 0.3 is 5.97 Å². The monoisotopic (exact) mass is 140 g/mol. The molecule has 0 bridgehead atoms. The molecular weight excluding hydrogens is 128 g/mol. The molecule has 3 atom stereocenters. The van der Waals surface area contributed by atoms with Gasteiger partial charge in [0.25, 0.3) is 0 Å². The molecule has 0 aromatic carbocycles. The van der Waals surface area contributed by atoms with Crippen LogP contribution >= 0.6 is 0 Å². The molecule has 2 aliphatic rings. The van der Waals surface area contributed by atoms with Gasteiger partial charge in [-0.05, 0) is 12.3 Å². The van der Waals surface area contributed by atoms with E-state index in [4.69, 9.17) is 4.74 Å². The molecule has 0 aromatic heterocycles. The van der Waals surface area contributed by atoms with Crippen LogP contribution in [0.15, 0.2) is 0 Å². The molecule has 0 amide bonds. The summed E-state index contributed by atoms with van der Waals surface area (Å²) in [5.41, 5.74) is 0. The van der Waals surface area contributed by atoms with Crippen LogP contribution in [-0.4, -0.2) is 12.6 Å². The third kappa shape index (κ3) is 0.678. The highest BCUT2D eigenvalue weighted by Crippen LogP contribution is 2.53. The summed E-state index contributed by atoms with van der Waals surface area (Å²) >= 11 is 0. The van der Waals surface area contributed by atoms with E-state index in [0.29, 0.717) is 24.4 Å². The zero-order valence-corrected chi connectivity index (χ0v) is 6.17. The van der Waals surface area contributed by atoms with Crippen molar-refractivity contribution in [1.29, 1.82) is 0 Å². The van der Waals surface area contributed by atoms with Crippen LogP contribution in [0.5, 0.6) is 0 Å². The first-order valence-electron chi connectivity index (χ1n) is 4.01. The van der Waals surface area contributed by atoms with Gasteiger partial charge in [-0.1, -0.05) is 13.3 Å². The Bertz CT molecular complexity index is 165. The van der Waals surface area contributed by atoms with E-state index < -0.39 is 0 Å². The Morgan fingerprint density at radius 2 is 2.50 bits per heavy atom. The minimum absolute atomic E-state index is 0.0588. The molecule has 0 N–H and O–H groups in total. The molecule has 56 valence electrons. The van der Waals surface area contributed by atoms with Crippen molar-refractivity contribution >= 4 is 5.97 Å². The number of ether oxygens (including phenoxy) is 1. The van der Waals surface area contributed by atoms with Crippen molar-refractivity contribution in [3.63, 3.8) is 0 Å². The summed E-state index contributed by atoms with van der Waals surface area (Å²) in [5, 5.41) is 0. The lowest BCUT2D eigenvalue weighted by molar-refractivity contribution is -0.141. The summed E-state index contributed by atoms with van der Waals surface area (Å²) in [7, 11) is 0. The summed E-state index contributed by atoms with van der Waals surface area (Å²) in [6.07, 6.45) is 2.41. The third-order valence-electron chi connectivity index (χ3n) is 2.64. The van der Waals surface area contributed by atoms with Crippen molar-refractivity contribution < 1.29 is 9.53 Å². The second-order valence-corrected chi connectivity index (χ2v) is 3.27. The van der Waals surface area contributed by atoms with Crippen LogP contribution in [0.2, 0.25) is 0 Å². The normalized spacial score (nSPS) is 42.9. The van der Waals surface area contributed by atoms with E-state index >= 15 is 0 Å². The number of esters is 1. The Kier molecular flexibility index (Phi) is 1.22. The van der Waals surface area contributed by atoms with Crippen LogP contribution < -0.4 is 0 Å². The van der Waals surface area contributed by atoms with E-state index in [1.54, 1.807) is 0 Å². The Morgan fingerprint density at radius 1 is 1.70 bits per heavy atom. The molecule has 2 heteroatoms. The molecule has 2 nitrogen and oxygen atoms in total. The number of rotatable bonds is 2. The molecule has 0 spiro atoms. The standard InChI is InChI=1S/C8H12O2/c1-2-3-5-6-4-10-8(9)7(5)6/h5-7H,2-4H2,1H3/t5-,6+,7+/m1/s1. The van der Waals surface area contributed by atoms with E-state index in [9.17, 15) is 4.79 Å². The Morgan fingerprint density at radius 3 is 3.00 bits per heavy atom. The zero-order chi connectivity index (χ0) is 7.14. The average molecular weight is 140 g/mol. The second-order valence-electron chi connectivity index (χ2n) is 3.27. The lowest BCUT2D eigenvalue weighted by Crippen LogP contribution is -2.04. The molecule has 2 fully saturated rings. The summed E-state index contributed by atoms with van der Waals surface area (Å²) in [5.74, 6) is 1.65. The van der Waals surface area contributed by atoms with Crippen LogP contribution in [0.1, 0.15) is 19.8 Å². The summed E-state index contributed by atoms with van der Waals surface area (Å²) in [4.78, 5) is 10.9. The van der Waals surface area contributed by atoms with Gasteiger partial charge in [0.2, 0.25) is 0 Å². The maximum absolute atomic E-state index is 10.9. The van der Waals surface area contributed by atoms with Gasteiger partial charge in [-0.25, -0.2) is 0 Å². The number of carbonyl (C=O) groups is 1. The van der Waals surface area contributed by atoms with E-state index in [-0.39, 0.29) is 5.97 Å². The highest BCUT2D eigenvalue weighted by molar-refractivity contribution is 5.78. The lowest BCUT2D eigenvalue weighted by atomic mass is 10.2. The zero-order valence-electron chi connectivity index (χ0n) is 6.17. The van der Waals surface area contributed by atoms with Crippen molar-refractivity contribution in [2.75, 3.05) is 6.61 Å². The first-order chi connectivity index (χ1) is 4.84. The van der Waals surface area contributed by atoms with E-state index in [1.165, 1.54) is 12.8 Å². The average Bonchev–Trinajstić information content (AvgIpc) is 2.45. The topological polar surface area (TPSA) is 26.3 Å². The van der Waals surface area contributed by atoms with Gasteiger partial charge in [0.1, 0.15) is 0 Å². The number of carbonyl (C=O) groups excluding carboxylic acids is 1. The van der Waals surface area contributed by atoms with Crippen molar-refractivity contribution in [1.82, 2.24) is 0 Å². The quantitative estimate of drug-likeness (QED) is 0.539. The van der Waals surface area contributed by atoms with Crippen molar-refractivity contribution in [3.05, 3.63) is 0 Å². The molecule has 1 aliphatic heterocycles. The highest BCUT2D eigenvalue weighted by Gasteiger charge is 2.59. The molecular formula is C8H12O2. The van der Waals surface area contributed by atoms with Gasteiger partial charge in [0.05, 0.1) is 12.5 Å². The minimum Gasteiger partial charge on any atom is -0.465 e. The molecule has 1 heterocycles. The first-order valence-corrected chi connectivity index (χ1v) is 4.01. The number of cyclic esters (lactones) is 1. The van der Waals surface area contributed by atoms with Gasteiger partial charge in [0.15, 0.2) is 0 Å². The predicted octanol–water partition coefficient (Wildman–Crippen LogP) is 1.21. The summed E-state index contributed by atoms with van der Waals surface area (Å²) < 4.78 is 4.85. The van der Waals surface area contributed by atoms with Crippen LogP contribution in [-0.2, 0) is 9.53 Å². The Balaban J connectivity index is 1.92. The number of hydrogen-bond acceptors (Lipinski definition) is 2. The smallest absolute Gasteiger partial charge is 0.309 e.